The lowest BCUT2D eigenvalue weighted by Gasteiger charge is -2.24. The van der Waals surface area contributed by atoms with E-state index < -0.39 is 5.69 Å². The summed E-state index contributed by atoms with van der Waals surface area (Å²) < 4.78 is 1.61. The molecule has 1 aromatic carbocycles. The summed E-state index contributed by atoms with van der Waals surface area (Å²) in [5, 5.41) is 15.1. The SMILES string of the molecule is CN(Cc1ccccc1N1CCCC1)c1nc(=NC2CC2)n2nc/c(=C\c3[nH]c(=O)[nH]c3O)c2n1. The molecule has 4 aromatic rings. The molecular formula is C24H27N9O2. The fourth-order valence-electron chi connectivity index (χ4n) is 4.48. The van der Waals surface area contributed by atoms with Crippen LogP contribution in [0.25, 0.3) is 11.7 Å². The van der Waals surface area contributed by atoms with Crippen LogP contribution in [0.4, 0.5) is 11.6 Å². The summed E-state index contributed by atoms with van der Waals surface area (Å²) >= 11 is 0. The van der Waals surface area contributed by atoms with E-state index in [1.807, 2.05) is 11.9 Å². The molecule has 0 amide bonds. The van der Waals surface area contributed by atoms with E-state index in [4.69, 9.17) is 15.0 Å². The molecule has 180 valence electrons. The number of benzene rings is 1. The van der Waals surface area contributed by atoms with Gasteiger partial charge in [-0.25, -0.2) is 9.79 Å². The third-order valence-electron chi connectivity index (χ3n) is 6.43. The van der Waals surface area contributed by atoms with Gasteiger partial charge >= 0.3 is 5.69 Å². The van der Waals surface area contributed by atoms with E-state index in [2.05, 4.69) is 44.2 Å². The highest BCUT2D eigenvalue weighted by Crippen LogP contribution is 2.26. The Bertz CT molecular complexity index is 1560. The Morgan fingerprint density at radius 1 is 1.20 bits per heavy atom. The Morgan fingerprint density at radius 3 is 2.74 bits per heavy atom. The van der Waals surface area contributed by atoms with Gasteiger partial charge in [-0.3, -0.25) is 4.98 Å². The Balaban J connectivity index is 1.43. The Kier molecular flexibility index (Phi) is 5.24. The number of imidazole rings is 1. The van der Waals surface area contributed by atoms with Gasteiger partial charge in [-0.1, -0.05) is 18.2 Å². The number of H-pyrrole nitrogens is 2. The van der Waals surface area contributed by atoms with Crippen molar-refractivity contribution in [2.75, 3.05) is 29.9 Å². The highest BCUT2D eigenvalue weighted by Gasteiger charge is 2.22. The third kappa shape index (κ3) is 4.25. The van der Waals surface area contributed by atoms with E-state index in [0.29, 0.717) is 29.0 Å². The maximum Gasteiger partial charge on any atom is 0.326 e. The maximum atomic E-state index is 11.6. The molecule has 4 heterocycles. The number of aromatic nitrogens is 6. The predicted molar refractivity (Wildman–Crippen MR) is 131 cm³/mol. The summed E-state index contributed by atoms with van der Waals surface area (Å²) in [6.45, 7) is 2.80. The molecule has 6 rings (SSSR count). The fraction of sp³-hybridized carbons (Fsp3) is 0.375. The van der Waals surface area contributed by atoms with Gasteiger partial charge in [-0.05, 0) is 43.4 Å². The standard InChI is InChI=1S/C24H27N9O2/c1-31(14-15-6-2-3-7-19(15)32-10-4-5-11-32)22-28-20-16(12-18-21(34)29-24(35)27-18)13-25-33(20)23(30-22)26-17-8-9-17/h2-3,6-7,12-13,17,34H,4-5,8-11,14H2,1H3,(H2,27,29,35)/b16-12+,26-23?. The zero-order valence-electron chi connectivity index (χ0n) is 19.5. The summed E-state index contributed by atoms with van der Waals surface area (Å²) in [6.07, 6.45) is 7.79. The van der Waals surface area contributed by atoms with Crippen molar-refractivity contribution in [3.63, 3.8) is 0 Å². The minimum absolute atomic E-state index is 0.234. The molecule has 0 spiro atoms. The first-order valence-corrected chi connectivity index (χ1v) is 11.9. The minimum atomic E-state index is -0.485. The van der Waals surface area contributed by atoms with Crippen molar-refractivity contribution in [3.8, 4) is 5.88 Å². The number of para-hydroxylation sites is 1. The van der Waals surface area contributed by atoms with Gasteiger partial charge < -0.3 is 19.9 Å². The monoisotopic (exact) mass is 473 g/mol. The number of aromatic amines is 2. The largest absolute Gasteiger partial charge is 0.493 e. The second-order valence-corrected chi connectivity index (χ2v) is 9.18. The molecule has 1 saturated carbocycles. The number of nitrogens with zero attached hydrogens (tertiary/aromatic N) is 7. The summed E-state index contributed by atoms with van der Waals surface area (Å²) in [7, 11) is 1.97. The van der Waals surface area contributed by atoms with Gasteiger partial charge in [0.15, 0.2) is 5.65 Å². The number of fused-ring (bicyclic) bond motifs is 1. The second-order valence-electron chi connectivity index (χ2n) is 9.18. The topological polar surface area (TPSA) is 131 Å². The van der Waals surface area contributed by atoms with Crippen LogP contribution >= 0.6 is 0 Å². The van der Waals surface area contributed by atoms with Gasteiger partial charge in [0.1, 0.15) is 5.69 Å². The van der Waals surface area contributed by atoms with Crippen molar-refractivity contribution in [2.24, 2.45) is 4.99 Å². The lowest BCUT2D eigenvalue weighted by molar-refractivity contribution is 0.454. The molecular weight excluding hydrogens is 446 g/mol. The number of nitrogens with one attached hydrogen (secondary N) is 2. The highest BCUT2D eigenvalue weighted by molar-refractivity contribution is 5.58. The first-order chi connectivity index (χ1) is 17.0. The van der Waals surface area contributed by atoms with E-state index in [0.717, 1.165) is 25.9 Å². The van der Waals surface area contributed by atoms with Crippen LogP contribution in [-0.4, -0.2) is 60.8 Å². The molecule has 1 aliphatic carbocycles. The number of rotatable bonds is 6. The normalized spacial score (nSPS) is 17.1. The lowest BCUT2D eigenvalue weighted by atomic mass is 10.1. The van der Waals surface area contributed by atoms with Crippen LogP contribution in [0, 0.1) is 0 Å². The molecule has 0 radical (unpaired) electrons. The Labute approximate surface area is 200 Å². The number of hydrogen-bond donors (Lipinski definition) is 3. The molecule has 2 aliphatic rings. The molecule has 0 unspecified atom stereocenters. The van der Waals surface area contributed by atoms with E-state index in [1.165, 1.54) is 24.1 Å². The van der Waals surface area contributed by atoms with Gasteiger partial charge in [0.05, 0.1) is 12.2 Å². The zero-order chi connectivity index (χ0) is 23.9. The van der Waals surface area contributed by atoms with Crippen molar-refractivity contribution in [1.29, 1.82) is 0 Å². The van der Waals surface area contributed by atoms with E-state index in [9.17, 15) is 9.90 Å². The molecule has 0 bridgehead atoms. The van der Waals surface area contributed by atoms with Crippen LogP contribution in [0.3, 0.4) is 0 Å². The number of aromatic hydroxyl groups is 1. The van der Waals surface area contributed by atoms with Crippen LogP contribution in [0.1, 0.15) is 36.9 Å². The van der Waals surface area contributed by atoms with Crippen molar-refractivity contribution < 1.29 is 5.11 Å². The fourth-order valence-corrected chi connectivity index (χ4v) is 4.48. The predicted octanol–water partition coefficient (Wildman–Crippen LogP) is 0.694. The molecule has 3 aromatic heterocycles. The van der Waals surface area contributed by atoms with Gasteiger partial charge in [0.25, 0.3) is 5.62 Å². The molecule has 0 atom stereocenters. The quantitative estimate of drug-likeness (QED) is 0.376. The summed E-state index contributed by atoms with van der Waals surface area (Å²) in [5.74, 6) is 0.303. The van der Waals surface area contributed by atoms with E-state index >= 15 is 0 Å². The molecule has 2 fully saturated rings. The summed E-state index contributed by atoms with van der Waals surface area (Å²) in [4.78, 5) is 35.2. The highest BCUT2D eigenvalue weighted by atomic mass is 16.3. The Morgan fingerprint density at radius 2 is 2.00 bits per heavy atom. The van der Waals surface area contributed by atoms with Crippen molar-refractivity contribution in [3.05, 3.63) is 63.0 Å². The van der Waals surface area contributed by atoms with Gasteiger partial charge in [-0.15, -0.1) is 0 Å². The third-order valence-corrected chi connectivity index (χ3v) is 6.43. The minimum Gasteiger partial charge on any atom is -0.493 e. The van der Waals surface area contributed by atoms with Crippen LogP contribution in [0.5, 0.6) is 5.88 Å². The molecule has 11 nitrogen and oxygen atoms in total. The maximum absolute atomic E-state index is 11.6. The molecule has 11 heteroatoms. The number of anilines is 2. The van der Waals surface area contributed by atoms with E-state index in [-0.39, 0.29) is 17.6 Å². The average Bonchev–Trinajstić information content (AvgIpc) is 3.20. The van der Waals surface area contributed by atoms with Crippen molar-refractivity contribution >= 4 is 23.4 Å². The average molecular weight is 474 g/mol. The zero-order valence-corrected chi connectivity index (χ0v) is 19.5. The van der Waals surface area contributed by atoms with E-state index in [1.54, 1.807) is 16.8 Å². The first kappa shape index (κ1) is 21.4. The number of hydrogen-bond acceptors (Lipinski definition) is 8. The summed E-state index contributed by atoms with van der Waals surface area (Å²) in [6, 6.07) is 8.74. The first-order valence-electron chi connectivity index (χ1n) is 11.9. The van der Waals surface area contributed by atoms with Crippen LogP contribution in [0.15, 0.2) is 40.2 Å². The van der Waals surface area contributed by atoms with Crippen LogP contribution < -0.4 is 26.3 Å². The smallest absolute Gasteiger partial charge is 0.326 e. The van der Waals surface area contributed by atoms with Crippen molar-refractivity contribution in [2.45, 2.75) is 38.3 Å². The second kappa shape index (κ2) is 8.57. The van der Waals surface area contributed by atoms with Crippen molar-refractivity contribution in [1.82, 2.24) is 29.5 Å². The summed E-state index contributed by atoms with van der Waals surface area (Å²) in [5.41, 5.74) is 3.30. The van der Waals surface area contributed by atoms with Gasteiger partial charge in [-0.2, -0.15) is 19.6 Å². The molecule has 1 saturated heterocycles. The Hall–Kier alpha value is -4.15. The van der Waals surface area contributed by atoms with Gasteiger partial charge in [0.2, 0.25) is 11.8 Å². The molecule has 1 aliphatic heterocycles. The lowest BCUT2D eigenvalue weighted by Crippen LogP contribution is -2.29. The molecule has 35 heavy (non-hydrogen) atoms. The van der Waals surface area contributed by atoms with Gasteiger partial charge in [0, 0.05) is 37.6 Å². The van der Waals surface area contributed by atoms with Crippen LogP contribution in [-0.2, 0) is 6.54 Å². The van der Waals surface area contributed by atoms with Crippen LogP contribution in [0.2, 0.25) is 0 Å². The molecule has 3 N–H and O–H groups in total.